The van der Waals surface area contributed by atoms with Gasteiger partial charge in [0.1, 0.15) is 17.9 Å². The molecule has 3 rings (SSSR count). The zero-order valence-electron chi connectivity index (χ0n) is 13.9. The standard InChI is InChI=1S/C19H21NO5/c1-24-15-4-2-3-14(9-15)13-7-5-12(6-8-13)11-25-16-10-20-17(18(16)21)19(22)23/h2-9,16-18,20-21H,10-11H2,1H3,(H,22,23)/t16-,17+,18+/m0/s1. The van der Waals surface area contributed by atoms with Gasteiger partial charge in [-0.25, -0.2) is 0 Å². The third-order valence-corrected chi connectivity index (χ3v) is 4.35. The minimum atomic E-state index is -1.07. The van der Waals surface area contributed by atoms with E-state index in [9.17, 15) is 9.90 Å². The summed E-state index contributed by atoms with van der Waals surface area (Å²) < 4.78 is 10.9. The van der Waals surface area contributed by atoms with Gasteiger partial charge >= 0.3 is 5.97 Å². The lowest BCUT2D eigenvalue weighted by Gasteiger charge is -2.16. The summed E-state index contributed by atoms with van der Waals surface area (Å²) in [7, 11) is 1.64. The van der Waals surface area contributed by atoms with Crippen molar-refractivity contribution in [3.8, 4) is 16.9 Å². The number of aliphatic hydroxyl groups is 1. The van der Waals surface area contributed by atoms with Crippen molar-refractivity contribution in [1.29, 1.82) is 0 Å². The molecular weight excluding hydrogens is 322 g/mol. The maximum Gasteiger partial charge on any atom is 0.323 e. The molecule has 132 valence electrons. The highest BCUT2D eigenvalue weighted by Crippen LogP contribution is 2.24. The van der Waals surface area contributed by atoms with Crippen molar-refractivity contribution in [2.75, 3.05) is 13.7 Å². The molecule has 1 fully saturated rings. The van der Waals surface area contributed by atoms with Gasteiger partial charge in [0.05, 0.1) is 19.8 Å². The van der Waals surface area contributed by atoms with Crippen molar-refractivity contribution in [3.63, 3.8) is 0 Å². The summed E-state index contributed by atoms with van der Waals surface area (Å²) in [5, 5.41) is 21.7. The van der Waals surface area contributed by atoms with Gasteiger partial charge in [0, 0.05) is 6.54 Å². The van der Waals surface area contributed by atoms with Crippen molar-refractivity contribution < 1.29 is 24.5 Å². The highest BCUT2D eigenvalue weighted by molar-refractivity contribution is 5.75. The lowest BCUT2D eigenvalue weighted by Crippen LogP contribution is -2.40. The predicted octanol–water partition coefficient (Wildman–Crippen LogP) is 1.66. The number of ether oxygens (including phenoxy) is 2. The largest absolute Gasteiger partial charge is 0.497 e. The van der Waals surface area contributed by atoms with Gasteiger partial charge in [-0.1, -0.05) is 36.4 Å². The summed E-state index contributed by atoms with van der Waals surface area (Å²) in [4.78, 5) is 11.0. The van der Waals surface area contributed by atoms with Gasteiger partial charge in [0.15, 0.2) is 0 Å². The second-order valence-corrected chi connectivity index (χ2v) is 5.99. The first-order chi connectivity index (χ1) is 12.1. The number of aliphatic hydroxyl groups excluding tert-OH is 1. The third kappa shape index (κ3) is 3.99. The number of carboxylic acids is 1. The maximum atomic E-state index is 11.0. The Bertz CT molecular complexity index is 731. The maximum absolute atomic E-state index is 11.0. The Morgan fingerprint density at radius 2 is 1.96 bits per heavy atom. The minimum absolute atomic E-state index is 0.314. The first-order valence-corrected chi connectivity index (χ1v) is 8.07. The van der Waals surface area contributed by atoms with Crippen LogP contribution in [-0.4, -0.2) is 48.1 Å². The number of aliphatic carboxylic acids is 1. The summed E-state index contributed by atoms with van der Waals surface area (Å²) in [6.45, 7) is 0.633. The molecule has 3 atom stereocenters. The fraction of sp³-hybridized carbons (Fsp3) is 0.316. The van der Waals surface area contributed by atoms with E-state index in [0.717, 1.165) is 22.4 Å². The smallest absolute Gasteiger partial charge is 0.323 e. The first-order valence-electron chi connectivity index (χ1n) is 8.07. The number of carboxylic acid groups (broad SMARTS) is 1. The van der Waals surface area contributed by atoms with Gasteiger partial charge in [-0.3, -0.25) is 10.1 Å². The molecule has 3 N–H and O–H groups in total. The molecule has 1 heterocycles. The molecule has 1 aliphatic heterocycles. The van der Waals surface area contributed by atoms with Crippen LogP contribution in [0.3, 0.4) is 0 Å². The molecule has 0 unspecified atom stereocenters. The van der Waals surface area contributed by atoms with E-state index in [1.54, 1.807) is 7.11 Å². The Kier molecular flexibility index (Phi) is 5.33. The van der Waals surface area contributed by atoms with Crippen LogP contribution in [0.5, 0.6) is 5.75 Å². The van der Waals surface area contributed by atoms with Crippen LogP contribution < -0.4 is 10.1 Å². The van der Waals surface area contributed by atoms with Gasteiger partial charge in [-0.05, 0) is 28.8 Å². The summed E-state index contributed by atoms with van der Waals surface area (Å²) in [6, 6.07) is 14.8. The van der Waals surface area contributed by atoms with E-state index in [-0.39, 0.29) is 0 Å². The van der Waals surface area contributed by atoms with E-state index in [0.29, 0.717) is 13.2 Å². The highest BCUT2D eigenvalue weighted by atomic mass is 16.5. The number of hydrogen-bond donors (Lipinski definition) is 3. The van der Waals surface area contributed by atoms with Crippen molar-refractivity contribution >= 4 is 5.97 Å². The number of methoxy groups -OCH3 is 1. The molecule has 1 saturated heterocycles. The Hall–Kier alpha value is -2.41. The van der Waals surface area contributed by atoms with Crippen LogP contribution in [-0.2, 0) is 16.1 Å². The number of rotatable bonds is 6. The van der Waals surface area contributed by atoms with Crippen LogP contribution in [0.2, 0.25) is 0 Å². The molecule has 2 aromatic rings. The van der Waals surface area contributed by atoms with Gasteiger partial charge in [0.2, 0.25) is 0 Å². The van der Waals surface area contributed by atoms with E-state index >= 15 is 0 Å². The van der Waals surface area contributed by atoms with Crippen LogP contribution in [0, 0.1) is 0 Å². The van der Waals surface area contributed by atoms with Gasteiger partial charge in [0.25, 0.3) is 0 Å². The molecule has 0 amide bonds. The van der Waals surface area contributed by atoms with Crippen molar-refractivity contribution in [3.05, 3.63) is 54.1 Å². The van der Waals surface area contributed by atoms with Crippen molar-refractivity contribution in [2.24, 2.45) is 0 Å². The molecule has 0 aliphatic carbocycles. The molecule has 6 nitrogen and oxygen atoms in total. The molecule has 2 aromatic carbocycles. The number of hydrogen-bond acceptors (Lipinski definition) is 5. The van der Waals surface area contributed by atoms with Gasteiger partial charge in [-0.15, -0.1) is 0 Å². The number of benzene rings is 2. The first kappa shape index (κ1) is 17.4. The van der Waals surface area contributed by atoms with E-state index < -0.39 is 24.2 Å². The van der Waals surface area contributed by atoms with Crippen molar-refractivity contribution in [1.82, 2.24) is 5.32 Å². The second kappa shape index (κ2) is 7.65. The minimum Gasteiger partial charge on any atom is -0.497 e. The molecule has 0 aromatic heterocycles. The zero-order chi connectivity index (χ0) is 17.8. The number of carbonyl (C=O) groups is 1. The lowest BCUT2D eigenvalue weighted by atomic mass is 10.0. The Morgan fingerprint density at radius 3 is 2.60 bits per heavy atom. The molecule has 0 saturated carbocycles. The molecule has 0 radical (unpaired) electrons. The van der Waals surface area contributed by atoms with Crippen LogP contribution in [0.1, 0.15) is 5.56 Å². The lowest BCUT2D eigenvalue weighted by molar-refractivity contribution is -0.142. The topological polar surface area (TPSA) is 88.0 Å². The molecule has 0 bridgehead atoms. The molecular formula is C19H21NO5. The fourth-order valence-corrected chi connectivity index (χ4v) is 2.89. The Morgan fingerprint density at radius 1 is 1.20 bits per heavy atom. The van der Waals surface area contributed by atoms with E-state index in [4.69, 9.17) is 14.6 Å². The van der Waals surface area contributed by atoms with Crippen molar-refractivity contribution in [2.45, 2.75) is 24.9 Å². The van der Waals surface area contributed by atoms with Gasteiger partial charge in [-0.2, -0.15) is 0 Å². The Labute approximate surface area is 146 Å². The SMILES string of the molecule is COc1cccc(-c2ccc(CO[C@H]3CN[C@@H](C(=O)O)[C@@H]3O)cc2)c1. The zero-order valence-corrected chi connectivity index (χ0v) is 13.9. The predicted molar refractivity (Wildman–Crippen MR) is 92.4 cm³/mol. The van der Waals surface area contributed by atoms with Crippen LogP contribution in [0.4, 0.5) is 0 Å². The second-order valence-electron chi connectivity index (χ2n) is 5.99. The summed E-state index contributed by atoms with van der Waals surface area (Å²) in [6.07, 6.45) is -1.58. The van der Waals surface area contributed by atoms with Crippen LogP contribution >= 0.6 is 0 Å². The number of nitrogens with one attached hydrogen (secondary N) is 1. The Balaban J connectivity index is 1.60. The van der Waals surface area contributed by atoms with Crippen LogP contribution in [0.25, 0.3) is 11.1 Å². The quantitative estimate of drug-likeness (QED) is 0.739. The fourth-order valence-electron chi connectivity index (χ4n) is 2.89. The normalized spacial score (nSPS) is 22.7. The average molecular weight is 343 g/mol. The molecule has 0 spiro atoms. The summed E-state index contributed by atoms with van der Waals surface area (Å²) in [5.41, 5.74) is 3.08. The van der Waals surface area contributed by atoms with E-state index in [1.165, 1.54) is 0 Å². The molecule has 1 aliphatic rings. The third-order valence-electron chi connectivity index (χ3n) is 4.35. The van der Waals surface area contributed by atoms with E-state index in [1.807, 2.05) is 48.5 Å². The van der Waals surface area contributed by atoms with Crippen LogP contribution in [0.15, 0.2) is 48.5 Å². The average Bonchev–Trinajstić information content (AvgIpc) is 3.01. The molecule has 25 heavy (non-hydrogen) atoms. The summed E-state index contributed by atoms with van der Waals surface area (Å²) in [5.74, 6) is -0.262. The monoisotopic (exact) mass is 343 g/mol. The van der Waals surface area contributed by atoms with E-state index in [2.05, 4.69) is 5.32 Å². The van der Waals surface area contributed by atoms with Gasteiger partial charge < -0.3 is 19.7 Å². The molecule has 6 heteroatoms. The summed E-state index contributed by atoms with van der Waals surface area (Å²) >= 11 is 0. The highest BCUT2D eigenvalue weighted by Gasteiger charge is 2.39.